The van der Waals surface area contributed by atoms with Gasteiger partial charge in [0.1, 0.15) is 6.04 Å². The third kappa shape index (κ3) is 2.85. The average molecular weight is 224 g/mol. The number of hydrogen-bond acceptors (Lipinski definition) is 3. The fourth-order valence-electron chi connectivity index (χ4n) is 1.40. The minimum absolute atomic E-state index is 0.0866. The van der Waals surface area contributed by atoms with E-state index in [1.54, 1.807) is 19.2 Å². The van der Waals surface area contributed by atoms with Gasteiger partial charge in [-0.05, 0) is 19.4 Å². The summed E-state index contributed by atoms with van der Waals surface area (Å²) in [6, 6.07) is 2.41. The van der Waals surface area contributed by atoms with E-state index in [0.29, 0.717) is 18.7 Å². The first-order valence-corrected chi connectivity index (χ1v) is 5.28. The van der Waals surface area contributed by atoms with E-state index in [4.69, 9.17) is 5.11 Å². The lowest BCUT2D eigenvalue weighted by atomic mass is 10.2. The predicted molar refractivity (Wildman–Crippen MR) is 61.7 cm³/mol. The lowest BCUT2D eigenvalue weighted by Gasteiger charge is -2.14. The summed E-state index contributed by atoms with van der Waals surface area (Å²) in [4.78, 5) is 22.1. The molecule has 16 heavy (non-hydrogen) atoms. The number of aliphatic carboxylic acids is 1. The summed E-state index contributed by atoms with van der Waals surface area (Å²) in [7, 11) is 0. The summed E-state index contributed by atoms with van der Waals surface area (Å²) in [6.45, 7) is 4.22. The molecule has 5 nitrogen and oxygen atoms in total. The lowest BCUT2D eigenvalue weighted by molar-refractivity contribution is -0.137. The number of carbonyl (C=O) groups is 1. The van der Waals surface area contributed by atoms with E-state index in [-0.39, 0.29) is 5.56 Å². The van der Waals surface area contributed by atoms with Gasteiger partial charge in [-0.1, -0.05) is 6.92 Å². The number of rotatable bonds is 5. The maximum absolute atomic E-state index is 11.3. The molecule has 0 aliphatic carbocycles. The quantitative estimate of drug-likeness (QED) is 0.786. The van der Waals surface area contributed by atoms with E-state index in [1.165, 1.54) is 10.6 Å². The molecule has 0 amide bonds. The Balaban J connectivity index is 2.89. The molecular weight excluding hydrogens is 208 g/mol. The summed E-state index contributed by atoms with van der Waals surface area (Å²) < 4.78 is 1.52. The lowest BCUT2D eigenvalue weighted by Crippen LogP contribution is -2.29. The maximum atomic E-state index is 11.3. The van der Waals surface area contributed by atoms with Crippen LogP contribution in [-0.4, -0.2) is 21.7 Å². The fraction of sp³-hybridized carbons (Fsp3) is 0.455. The van der Waals surface area contributed by atoms with Gasteiger partial charge in [0.25, 0.3) is 5.56 Å². The van der Waals surface area contributed by atoms with Crippen molar-refractivity contribution in [1.82, 2.24) is 4.57 Å². The van der Waals surface area contributed by atoms with Gasteiger partial charge in [-0.15, -0.1) is 0 Å². The van der Waals surface area contributed by atoms with Gasteiger partial charge in [0.05, 0.1) is 5.69 Å². The van der Waals surface area contributed by atoms with Crippen molar-refractivity contribution < 1.29 is 9.90 Å². The summed E-state index contributed by atoms with van der Waals surface area (Å²) in [5.41, 5.74) is 0.562. The van der Waals surface area contributed by atoms with Crippen LogP contribution in [-0.2, 0) is 11.3 Å². The molecule has 0 saturated carbocycles. The van der Waals surface area contributed by atoms with Crippen molar-refractivity contribution in [3.05, 3.63) is 28.7 Å². The number of carboxylic acids is 1. The van der Waals surface area contributed by atoms with Gasteiger partial charge in [-0.3, -0.25) is 4.79 Å². The van der Waals surface area contributed by atoms with Crippen molar-refractivity contribution in [3.63, 3.8) is 0 Å². The van der Waals surface area contributed by atoms with Crippen molar-refractivity contribution >= 4 is 11.7 Å². The van der Waals surface area contributed by atoms with Crippen molar-refractivity contribution in [2.45, 2.75) is 32.9 Å². The second-order valence-electron chi connectivity index (χ2n) is 3.49. The smallest absolute Gasteiger partial charge is 0.326 e. The fourth-order valence-corrected chi connectivity index (χ4v) is 1.40. The van der Waals surface area contributed by atoms with Crippen LogP contribution in [0.4, 0.5) is 5.69 Å². The second-order valence-corrected chi connectivity index (χ2v) is 3.49. The maximum Gasteiger partial charge on any atom is 0.326 e. The molecule has 1 unspecified atom stereocenters. The molecule has 1 rings (SSSR count). The van der Waals surface area contributed by atoms with E-state index in [2.05, 4.69) is 5.32 Å². The third-order valence-electron chi connectivity index (χ3n) is 2.37. The molecule has 0 radical (unpaired) electrons. The summed E-state index contributed by atoms with van der Waals surface area (Å²) in [5.74, 6) is -0.892. The molecule has 0 aromatic carbocycles. The Bertz CT molecular complexity index is 425. The molecule has 5 heteroatoms. The van der Waals surface area contributed by atoms with Gasteiger partial charge >= 0.3 is 5.97 Å². The Morgan fingerprint density at radius 2 is 2.19 bits per heavy atom. The molecule has 0 fully saturated rings. The Kier molecular flexibility index (Phi) is 4.10. The Morgan fingerprint density at radius 3 is 2.69 bits per heavy atom. The van der Waals surface area contributed by atoms with Crippen molar-refractivity contribution in [3.8, 4) is 0 Å². The van der Waals surface area contributed by atoms with Crippen molar-refractivity contribution in [2.75, 3.05) is 5.32 Å². The summed E-state index contributed by atoms with van der Waals surface area (Å²) in [6.07, 6.45) is 2.12. The minimum atomic E-state index is -0.892. The molecular formula is C11H16N2O3. The summed E-state index contributed by atoms with van der Waals surface area (Å²) in [5, 5.41) is 11.8. The highest BCUT2D eigenvalue weighted by atomic mass is 16.4. The van der Waals surface area contributed by atoms with Gasteiger partial charge in [0, 0.05) is 18.8 Å². The second kappa shape index (κ2) is 5.34. The van der Waals surface area contributed by atoms with Crippen LogP contribution in [0, 0.1) is 0 Å². The van der Waals surface area contributed by atoms with E-state index >= 15 is 0 Å². The molecule has 0 aliphatic heterocycles. The highest BCUT2D eigenvalue weighted by Crippen LogP contribution is 2.07. The number of hydrogen-bond donors (Lipinski definition) is 2. The zero-order chi connectivity index (χ0) is 12.1. The minimum Gasteiger partial charge on any atom is -0.480 e. The molecule has 0 saturated heterocycles. The topological polar surface area (TPSA) is 71.3 Å². The number of anilines is 1. The van der Waals surface area contributed by atoms with E-state index < -0.39 is 12.0 Å². The Labute approximate surface area is 93.7 Å². The number of pyridine rings is 1. The molecule has 1 heterocycles. The van der Waals surface area contributed by atoms with Crippen LogP contribution in [0.15, 0.2) is 23.1 Å². The van der Waals surface area contributed by atoms with Crippen molar-refractivity contribution in [2.24, 2.45) is 0 Å². The molecule has 2 N–H and O–H groups in total. The summed E-state index contributed by atoms with van der Waals surface area (Å²) >= 11 is 0. The highest BCUT2D eigenvalue weighted by Gasteiger charge is 2.14. The van der Waals surface area contributed by atoms with E-state index in [0.717, 1.165) is 0 Å². The van der Waals surface area contributed by atoms with Gasteiger partial charge in [0.2, 0.25) is 0 Å². The first kappa shape index (κ1) is 12.3. The molecule has 0 bridgehead atoms. The normalized spacial score (nSPS) is 12.1. The molecule has 1 aromatic rings. The zero-order valence-corrected chi connectivity index (χ0v) is 9.43. The molecule has 88 valence electrons. The average Bonchev–Trinajstić information content (AvgIpc) is 2.27. The third-order valence-corrected chi connectivity index (χ3v) is 2.37. The molecule has 0 spiro atoms. The first-order valence-electron chi connectivity index (χ1n) is 5.28. The number of aryl methyl sites for hydroxylation is 1. The highest BCUT2D eigenvalue weighted by molar-refractivity contribution is 5.77. The number of carboxylic acid groups (broad SMARTS) is 1. The van der Waals surface area contributed by atoms with Crippen LogP contribution in [0.2, 0.25) is 0 Å². The van der Waals surface area contributed by atoms with Gasteiger partial charge < -0.3 is 15.0 Å². The van der Waals surface area contributed by atoms with Crippen LogP contribution in [0.5, 0.6) is 0 Å². The largest absolute Gasteiger partial charge is 0.480 e. The SMILES string of the molecule is CCC(Nc1ccc(=O)n(CC)c1)C(=O)O. The standard InChI is InChI=1S/C11H16N2O3/c1-3-9(11(15)16)12-8-5-6-10(14)13(4-2)7-8/h5-7,9,12H,3-4H2,1-2H3,(H,15,16). The number of nitrogens with zero attached hydrogens (tertiary/aromatic N) is 1. The van der Waals surface area contributed by atoms with Gasteiger partial charge in [0.15, 0.2) is 0 Å². The first-order chi connectivity index (χ1) is 7.58. The van der Waals surface area contributed by atoms with Crippen LogP contribution >= 0.6 is 0 Å². The monoisotopic (exact) mass is 224 g/mol. The van der Waals surface area contributed by atoms with E-state index in [9.17, 15) is 9.59 Å². The van der Waals surface area contributed by atoms with Crippen LogP contribution in [0.3, 0.4) is 0 Å². The zero-order valence-electron chi connectivity index (χ0n) is 9.43. The molecule has 0 aliphatic rings. The van der Waals surface area contributed by atoms with E-state index in [1.807, 2.05) is 6.92 Å². The predicted octanol–water partition coefficient (Wildman–Crippen LogP) is 1.14. The van der Waals surface area contributed by atoms with Crippen molar-refractivity contribution in [1.29, 1.82) is 0 Å². The molecule has 1 aromatic heterocycles. The van der Waals surface area contributed by atoms with Crippen LogP contribution < -0.4 is 10.9 Å². The van der Waals surface area contributed by atoms with Crippen LogP contribution in [0.1, 0.15) is 20.3 Å². The van der Waals surface area contributed by atoms with Gasteiger partial charge in [-0.2, -0.15) is 0 Å². The van der Waals surface area contributed by atoms with Gasteiger partial charge in [-0.25, -0.2) is 4.79 Å². The number of aromatic nitrogens is 1. The van der Waals surface area contributed by atoms with Crippen LogP contribution in [0.25, 0.3) is 0 Å². The Morgan fingerprint density at radius 1 is 1.50 bits per heavy atom. The number of nitrogens with one attached hydrogen (secondary N) is 1. The molecule has 1 atom stereocenters. The Hall–Kier alpha value is -1.78.